The van der Waals surface area contributed by atoms with Gasteiger partial charge in [-0.05, 0) is 43.9 Å². The second kappa shape index (κ2) is 6.25. The maximum atomic E-state index is 6.22. The summed E-state index contributed by atoms with van der Waals surface area (Å²) in [5.41, 5.74) is 1.09. The van der Waals surface area contributed by atoms with Crippen molar-refractivity contribution < 1.29 is 4.74 Å². The minimum atomic E-state index is 0.204. The van der Waals surface area contributed by atoms with E-state index < -0.39 is 0 Å². The molecule has 1 aliphatic carbocycles. The predicted octanol–water partition coefficient (Wildman–Crippen LogP) is 4.21. The van der Waals surface area contributed by atoms with Crippen LogP contribution < -0.4 is 5.32 Å². The molecule has 0 radical (unpaired) electrons. The second-order valence-corrected chi connectivity index (χ2v) is 5.71. The third-order valence-electron chi connectivity index (χ3n) is 3.65. The second-order valence-electron chi connectivity index (χ2n) is 4.87. The van der Waals surface area contributed by atoms with Crippen LogP contribution in [0, 0.1) is 0 Å². The highest BCUT2D eigenvalue weighted by molar-refractivity contribution is 6.35. The summed E-state index contributed by atoms with van der Waals surface area (Å²) in [4.78, 5) is 0. The molecule has 1 aromatic rings. The van der Waals surface area contributed by atoms with Crippen LogP contribution in [0.2, 0.25) is 10.0 Å². The summed E-state index contributed by atoms with van der Waals surface area (Å²) >= 11 is 12.1. The van der Waals surface area contributed by atoms with Gasteiger partial charge < -0.3 is 10.1 Å². The van der Waals surface area contributed by atoms with Crippen LogP contribution in [0.25, 0.3) is 0 Å². The van der Waals surface area contributed by atoms with Crippen LogP contribution in [0.1, 0.15) is 37.8 Å². The monoisotopic (exact) mass is 287 g/mol. The third kappa shape index (κ3) is 3.18. The first-order valence-corrected chi connectivity index (χ1v) is 7.11. The summed E-state index contributed by atoms with van der Waals surface area (Å²) < 4.78 is 5.49. The van der Waals surface area contributed by atoms with Crippen molar-refractivity contribution in [3.05, 3.63) is 33.8 Å². The molecule has 2 rings (SSSR count). The molecule has 2 nitrogen and oxygen atoms in total. The number of hydrogen-bond acceptors (Lipinski definition) is 2. The van der Waals surface area contributed by atoms with E-state index in [2.05, 4.69) is 12.2 Å². The van der Waals surface area contributed by atoms with Gasteiger partial charge in [0.1, 0.15) is 0 Å². The van der Waals surface area contributed by atoms with Crippen molar-refractivity contribution in [2.75, 3.05) is 7.11 Å². The first kappa shape index (κ1) is 14.1. The summed E-state index contributed by atoms with van der Waals surface area (Å²) in [7, 11) is 1.78. The summed E-state index contributed by atoms with van der Waals surface area (Å²) in [5.74, 6) is 0. The Morgan fingerprint density at radius 1 is 1.33 bits per heavy atom. The predicted molar refractivity (Wildman–Crippen MR) is 76.4 cm³/mol. The van der Waals surface area contributed by atoms with E-state index in [9.17, 15) is 0 Å². The summed E-state index contributed by atoms with van der Waals surface area (Å²) in [6.45, 7) is 2.13. The molecule has 3 unspecified atom stereocenters. The third-order valence-corrected chi connectivity index (χ3v) is 4.21. The Morgan fingerprint density at radius 3 is 2.78 bits per heavy atom. The van der Waals surface area contributed by atoms with E-state index in [1.807, 2.05) is 12.1 Å². The fraction of sp³-hybridized carbons (Fsp3) is 0.571. The molecule has 100 valence electrons. The Labute approximate surface area is 119 Å². The van der Waals surface area contributed by atoms with Crippen LogP contribution in [0.3, 0.4) is 0 Å². The normalized spacial score (nSPS) is 25.3. The van der Waals surface area contributed by atoms with Gasteiger partial charge in [0.05, 0.1) is 6.10 Å². The first-order valence-electron chi connectivity index (χ1n) is 6.35. The van der Waals surface area contributed by atoms with Gasteiger partial charge in [-0.15, -0.1) is 0 Å². The van der Waals surface area contributed by atoms with Crippen LogP contribution in [0.15, 0.2) is 18.2 Å². The van der Waals surface area contributed by atoms with Crippen molar-refractivity contribution in [2.24, 2.45) is 0 Å². The van der Waals surface area contributed by atoms with Gasteiger partial charge in [-0.2, -0.15) is 0 Å². The van der Waals surface area contributed by atoms with Gasteiger partial charge in [0.25, 0.3) is 0 Å². The molecule has 1 aromatic carbocycles. The molecule has 1 fully saturated rings. The molecule has 1 aliphatic rings. The smallest absolute Gasteiger partial charge is 0.0724 e. The van der Waals surface area contributed by atoms with Crippen molar-refractivity contribution >= 4 is 23.2 Å². The molecule has 0 aliphatic heterocycles. The highest BCUT2D eigenvalue weighted by Crippen LogP contribution is 2.29. The largest absolute Gasteiger partial charge is 0.380 e. The molecular formula is C14H19Cl2NO. The molecule has 0 spiro atoms. The molecule has 18 heavy (non-hydrogen) atoms. The Bertz CT molecular complexity index is 411. The fourth-order valence-corrected chi connectivity index (χ4v) is 3.23. The molecule has 1 saturated carbocycles. The Balaban J connectivity index is 2.05. The minimum absolute atomic E-state index is 0.204. The van der Waals surface area contributed by atoms with E-state index in [4.69, 9.17) is 27.9 Å². The average molecular weight is 288 g/mol. The van der Waals surface area contributed by atoms with Gasteiger partial charge in [0.15, 0.2) is 0 Å². The Morgan fingerprint density at radius 2 is 2.11 bits per heavy atom. The summed E-state index contributed by atoms with van der Waals surface area (Å²) in [6.07, 6.45) is 3.83. The Hall–Kier alpha value is -0.280. The van der Waals surface area contributed by atoms with Crippen molar-refractivity contribution in [1.82, 2.24) is 5.32 Å². The van der Waals surface area contributed by atoms with Crippen molar-refractivity contribution in [1.29, 1.82) is 0 Å². The van der Waals surface area contributed by atoms with Crippen molar-refractivity contribution in [2.45, 2.75) is 44.4 Å². The van der Waals surface area contributed by atoms with E-state index in [1.54, 1.807) is 13.2 Å². The van der Waals surface area contributed by atoms with Crippen LogP contribution in [-0.4, -0.2) is 19.3 Å². The first-order chi connectivity index (χ1) is 8.61. The standard InChI is InChI=1S/C14H19Cl2NO/c1-9(11-7-6-10(15)8-12(11)16)17-13-4-3-5-14(13)18-2/h6-9,13-14,17H,3-5H2,1-2H3. The molecule has 0 bridgehead atoms. The van der Waals surface area contributed by atoms with E-state index >= 15 is 0 Å². The number of nitrogens with one attached hydrogen (secondary N) is 1. The number of methoxy groups -OCH3 is 1. The highest BCUT2D eigenvalue weighted by Gasteiger charge is 2.28. The lowest BCUT2D eigenvalue weighted by Gasteiger charge is -2.25. The number of hydrogen-bond donors (Lipinski definition) is 1. The lowest BCUT2D eigenvalue weighted by atomic mass is 10.1. The number of ether oxygens (including phenoxy) is 1. The van der Waals surface area contributed by atoms with E-state index in [1.165, 1.54) is 6.42 Å². The van der Waals surface area contributed by atoms with Gasteiger partial charge in [0.2, 0.25) is 0 Å². The van der Waals surface area contributed by atoms with Crippen LogP contribution in [0.5, 0.6) is 0 Å². The topological polar surface area (TPSA) is 21.3 Å². The average Bonchev–Trinajstić information content (AvgIpc) is 2.76. The van der Waals surface area contributed by atoms with Gasteiger partial charge in [-0.25, -0.2) is 0 Å². The van der Waals surface area contributed by atoms with Crippen LogP contribution in [-0.2, 0) is 4.74 Å². The lowest BCUT2D eigenvalue weighted by Crippen LogP contribution is -2.38. The zero-order valence-electron chi connectivity index (χ0n) is 10.7. The van der Waals surface area contributed by atoms with E-state index in [-0.39, 0.29) is 6.04 Å². The molecule has 1 N–H and O–H groups in total. The van der Waals surface area contributed by atoms with Gasteiger partial charge in [-0.1, -0.05) is 29.3 Å². The molecule has 0 heterocycles. The maximum absolute atomic E-state index is 6.22. The molecule has 4 heteroatoms. The Kier molecular flexibility index (Phi) is 4.91. The quantitative estimate of drug-likeness (QED) is 0.896. The minimum Gasteiger partial charge on any atom is -0.380 e. The highest BCUT2D eigenvalue weighted by atomic mass is 35.5. The summed E-state index contributed by atoms with van der Waals surface area (Å²) in [6, 6.07) is 6.27. The lowest BCUT2D eigenvalue weighted by molar-refractivity contribution is 0.0820. The van der Waals surface area contributed by atoms with Crippen molar-refractivity contribution in [3.8, 4) is 0 Å². The van der Waals surface area contributed by atoms with Gasteiger partial charge >= 0.3 is 0 Å². The molecule has 3 atom stereocenters. The van der Waals surface area contributed by atoms with Crippen LogP contribution >= 0.6 is 23.2 Å². The van der Waals surface area contributed by atoms with Crippen LogP contribution in [0.4, 0.5) is 0 Å². The molecule has 0 saturated heterocycles. The van der Waals surface area contributed by atoms with E-state index in [0.717, 1.165) is 23.4 Å². The number of halogens is 2. The van der Waals surface area contributed by atoms with Gasteiger partial charge in [-0.3, -0.25) is 0 Å². The molecule has 0 aromatic heterocycles. The van der Waals surface area contributed by atoms with Crippen molar-refractivity contribution in [3.63, 3.8) is 0 Å². The molecule has 0 amide bonds. The van der Waals surface area contributed by atoms with Gasteiger partial charge in [0, 0.05) is 29.2 Å². The fourth-order valence-electron chi connectivity index (χ4n) is 2.66. The zero-order valence-corrected chi connectivity index (χ0v) is 12.3. The number of benzene rings is 1. The molecular weight excluding hydrogens is 269 g/mol. The van der Waals surface area contributed by atoms with E-state index in [0.29, 0.717) is 17.2 Å². The zero-order chi connectivity index (χ0) is 13.1. The maximum Gasteiger partial charge on any atom is 0.0724 e. The SMILES string of the molecule is COC1CCCC1NC(C)c1ccc(Cl)cc1Cl. The summed E-state index contributed by atoms with van der Waals surface area (Å²) in [5, 5.41) is 4.99. The number of rotatable bonds is 4.